The summed E-state index contributed by atoms with van der Waals surface area (Å²) in [5.74, 6) is 0.260. The first-order valence-electron chi connectivity index (χ1n) is 17.5. The van der Waals surface area contributed by atoms with E-state index < -0.39 is 35.8 Å². The summed E-state index contributed by atoms with van der Waals surface area (Å²) < 4.78 is 12.2. The molecule has 2 aliphatic heterocycles. The highest BCUT2D eigenvalue weighted by molar-refractivity contribution is 6.23. The Morgan fingerprint density at radius 3 is 2.08 bits per heavy atom. The number of nitrogens with one attached hydrogen (secondary N) is 2. The third kappa shape index (κ3) is 6.85. The summed E-state index contributed by atoms with van der Waals surface area (Å²) in [5, 5.41) is 15.8. The zero-order chi connectivity index (χ0) is 36.7. The van der Waals surface area contributed by atoms with Crippen LogP contribution in [0.4, 0.5) is 5.69 Å². The van der Waals surface area contributed by atoms with E-state index in [1.807, 2.05) is 50.2 Å². The summed E-state index contributed by atoms with van der Waals surface area (Å²) >= 11 is 0. The third-order valence-corrected chi connectivity index (χ3v) is 10.1. The predicted molar refractivity (Wildman–Crippen MR) is 191 cm³/mol. The summed E-state index contributed by atoms with van der Waals surface area (Å²) in [7, 11) is 0. The first kappa shape index (κ1) is 34.8. The van der Waals surface area contributed by atoms with Crippen molar-refractivity contribution in [1.82, 2.24) is 20.2 Å². The number of benzene rings is 3. The smallest absolute Gasteiger partial charge is 0.262 e. The van der Waals surface area contributed by atoms with Gasteiger partial charge in [0.2, 0.25) is 11.8 Å². The van der Waals surface area contributed by atoms with Crippen molar-refractivity contribution in [3.63, 3.8) is 0 Å². The zero-order valence-corrected chi connectivity index (χ0v) is 29.5. The topological polar surface area (TPSA) is 160 Å². The third-order valence-electron chi connectivity index (χ3n) is 10.1. The summed E-state index contributed by atoms with van der Waals surface area (Å²) in [5.41, 5.74) is 3.19. The van der Waals surface area contributed by atoms with Crippen LogP contribution in [0.1, 0.15) is 97.1 Å². The van der Waals surface area contributed by atoms with Crippen molar-refractivity contribution in [2.24, 2.45) is 5.92 Å². The molecule has 2 atom stereocenters. The Kier molecular flexibility index (Phi) is 9.26. The lowest BCUT2D eigenvalue weighted by molar-refractivity contribution is -0.136. The van der Waals surface area contributed by atoms with Gasteiger partial charge < -0.3 is 19.9 Å². The fourth-order valence-corrected chi connectivity index (χ4v) is 6.79. The number of hydrogen-bond acceptors (Lipinski definition) is 10. The molecule has 2 unspecified atom stereocenters. The second-order valence-corrected chi connectivity index (χ2v) is 14.5. The minimum absolute atomic E-state index is 0.0183. The normalized spacial score (nSPS) is 20.7. The van der Waals surface area contributed by atoms with E-state index in [0.29, 0.717) is 23.0 Å². The quantitative estimate of drug-likeness (QED) is 0.165. The number of aromatic nitrogens is 2. The van der Waals surface area contributed by atoms with E-state index in [9.17, 15) is 24.3 Å². The van der Waals surface area contributed by atoms with E-state index in [-0.39, 0.29) is 47.4 Å². The maximum Gasteiger partial charge on any atom is 0.262 e. The molecule has 12 heteroatoms. The van der Waals surface area contributed by atoms with Crippen LogP contribution in [-0.2, 0) is 15.0 Å². The number of nitrogens with zero attached hydrogens (tertiary/aromatic N) is 3. The average Bonchev–Trinajstić information content (AvgIpc) is 3.36. The molecule has 1 aliphatic carbocycles. The molecule has 4 aromatic rings. The Morgan fingerprint density at radius 2 is 1.46 bits per heavy atom. The number of imide groups is 2. The van der Waals surface area contributed by atoms with Crippen molar-refractivity contribution >= 4 is 29.3 Å². The maximum absolute atomic E-state index is 13.2. The second kappa shape index (κ2) is 13.8. The Morgan fingerprint density at radius 1 is 0.846 bits per heavy atom. The molecular formula is C40H41N5O7. The van der Waals surface area contributed by atoms with Crippen LogP contribution in [0, 0.1) is 5.92 Å². The number of aliphatic hydroxyl groups is 1. The van der Waals surface area contributed by atoms with E-state index in [1.165, 1.54) is 0 Å². The van der Waals surface area contributed by atoms with Crippen LogP contribution in [0.5, 0.6) is 17.2 Å². The number of rotatable bonds is 11. The highest BCUT2D eigenvalue weighted by atomic mass is 16.5. The van der Waals surface area contributed by atoms with Crippen LogP contribution >= 0.6 is 0 Å². The van der Waals surface area contributed by atoms with E-state index in [0.717, 1.165) is 34.6 Å². The molecule has 4 amide bonds. The molecular weight excluding hydrogens is 662 g/mol. The second-order valence-electron chi connectivity index (χ2n) is 14.5. The lowest BCUT2D eigenvalue weighted by Crippen LogP contribution is -2.54. The standard InChI is InChI=1S/C40H41N5O7/c1-22(2)35(47)36-41-20-30(21-42-36)52-28-12-7-24(8-13-28)40(3,4)23-5-10-27(11-6-23)51-29-17-26(18-29)43-25-9-14-31-32(19-25)39(50)45(38(31)49)33-15-16-34(46)44-37(33)48/h5-14,19-22,26,29,33,35,43,47H,15-18H2,1-4H3,(H,44,46,48). The van der Waals surface area contributed by atoms with Gasteiger partial charge in [0.05, 0.1) is 23.5 Å². The Bertz CT molecular complexity index is 2010. The molecule has 1 saturated carbocycles. The van der Waals surface area contributed by atoms with Crippen molar-refractivity contribution in [3.8, 4) is 17.2 Å². The summed E-state index contributed by atoms with van der Waals surface area (Å²) in [6.07, 6.45) is 4.18. The number of carbonyl (C=O) groups excluding carboxylic acids is 4. The molecule has 52 heavy (non-hydrogen) atoms. The van der Waals surface area contributed by atoms with Crippen molar-refractivity contribution in [2.45, 2.75) is 83.1 Å². The molecule has 0 radical (unpaired) electrons. The fraction of sp³-hybridized carbons (Fsp3) is 0.350. The molecule has 3 aromatic carbocycles. The van der Waals surface area contributed by atoms with Gasteiger partial charge >= 0.3 is 0 Å². The Balaban J connectivity index is 0.904. The number of carbonyl (C=O) groups is 4. The van der Waals surface area contributed by atoms with Gasteiger partial charge in [-0.3, -0.25) is 29.4 Å². The van der Waals surface area contributed by atoms with Crippen molar-refractivity contribution < 1.29 is 33.8 Å². The number of amides is 4. The van der Waals surface area contributed by atoms with Crippen LogP contribution < -0.4 is 20.1 Å². The fourth-order valence-electron chi connectivity index (χ4n) is 6.79. The number of anilines is 1. The number of fused-ring (bicyclic) bond motifs is 1. The number of aliphatic hydroxyl groups excluding tert-OH is 1. The van der Waals surface area contributed by atoms with Crippen molar-refractivity contribution in [1.29, 1.82) is 0 Å². The lowest BCUT2D eigenvalue weighted by Gasteiger charge is -2.36. The summed E-state index contributed by atoms with van der Waals surface area (Å²) in [4.78, 5) is 59.5. The van der Waals surface area contributed by atoms with Gasteiger partial charge in [0, 0.05) is 36.4 Å². The minimum atomic E-state index is -0.990. The maximum atomic E-state index is 13.2. The molecule has 1 saturated heterocycles. The molecule has 7 rings (SSSR count). The molecule has 12 nitrogen and oxygen atoms in total. The largest absolute Gasteiger partial charge is 0.490 e. The molecule has 3 aliphatic rings. The molecule has 268 valence electrons. The SMILES string of the molecule is CC(C)C(O)c1ncc(Oc2ccc(C(C)(C)c3ccc(OC4CC(Nc5ccc6c(c5)C(=O)N(C5CCC(=O)NC5=O)C6=O)C4)cc3)cc2)cn1. The van der Waals surface area contributed by atoms with E-state index in [1.54, 1.807) is 30.6 Å². The zero-order valence-electron chi connectivity index (χ0n) is 29.5. The number of piperidine rings is 1. The van der Waals surface area contributed by atoms with Gasteiger partial charge in [-0.2, -0.15) is 0 Å². The molecule has 1 aromatic heterocycles. The Labute approximate surface area is 301 Å². The predicted octanol–water partition coefficient (Wildman–Crippen LogP) is 5.71. The molecule has 2 fully saturated rings. The number of hydrogen-bond donors (Lipinski definition) is 3. The Hall–Kier alpha value is -5.62. The van der Waals surface area contributed by atoms with E-state index in [2.05, 4.69) is 46.6 Å². The highest BCUT2D eigenvalue weighted by Gasteiger charge is 2.45. The summed E-state index contributed by atoms with van der Waals surface area (Å²) in [6.45, 7) is 8.16. The molecule has 0 spiro atoms. The van der Waals surface area contributed by atoms with Crippen LogP contribution in [0.25, 0.3) is 0 Å². The van der Waals surface area contributed by atoms with E-state index >= 15 is 0 Å². The van der Waals surface area contributed by atoms with Gasteiger partial charge in [0.15, 0.2) is 11.6 Å². The monoisotopic (exact) mass is 703 g/mol. The van der Waals surface area contributed by atoms with Gasteiger partial charge in [0.1, 0.15) is 29.7 Å². The van der Waals surface area contributed by atoms with E-state index in [4.69, 9.17) is 9.47 Å². The van der Waals surface area contributed by atoms with Gasteiger partial charge in [-0.25, -0.2) is 9.97 Å². The van der Waals surface area contributed by atoms with Gasteiger partial charge in [-0.1, -0.05) is 52.0 Å². The first-order chi connectivity index (χ1) is 24.9. The summed E-state index contributed by atoms with van der Waals surface area (Å²) in [6, 6.07) is 20.3. The van der Waals surface area contributed by atoms with Gasteiger partial charge in [0.25, 0.3) is 11.8 Å². The molecule has 3 heterocycles. The lowest BCUT2D eigenvalue weighted by atomic mass is 9.78. The number of ether oxygens (including phenoxy) is 2. The van der Waals surface area contributed by atoms with Crippen LogP contribution in [0.2, 0.25) is 0 Å². The van der Waals surface area contributed by atoms with Crippen molar-refractivity contribution in [3.05, 3.63) is 107 Å². The molecule has 0 bridgehead atoms. The van der Waals surface area contributed by atoms with Crippen LogP contribution in [-0.4, -0.2) is 61.8 Å². The van der Waals surface area contributed by atoms with Crippen LogP contribution in [0.3, 0.4) is 0 Å². The highest BCUT2D eigenvalue weighted by Crippen LogP contribution is 2.36. The average molecular weight is 704 g/mol. The molecule has 3 N–H and O–H groups in total. The van der Waals surface area contributed by atoms with Gasteiger partial charge in [-0.15, -0.1) is 0 Å². The first-order valence-corrected chi connectivity index (χ1v) is 17.5. The van der Waals surface area contributed by atoms with Crippen LogP contribution in [0.15, 0.2) is 79.1 Å². The van der Waals surface area contributed by atoms with Crippen molar-refractivity contribution in [2.75, 3.05) is 5.32 Å². The minimum Gasteiger partial charge on any atom is -0.490 e. The van der Waals surface area contributed by atoms with Gasteiger partial charge in [-0.05, 0) is 65.9 Å².